The van der Waals surface area contributed by atoms with Crippen molar-refractivity contribution in [3.63, 3.8) is 0 Å². The van der Waals surface area contributed by atoms with Crippen molar-refractivity contribution in [1.29, 1.82) is 0 Å². The largest absolute Gasteiger partial charge is 0.335 e. The third-order valence-electron chi connectivity index (χ3n) is 9.07. The number of likely N-dealkylation sites (tertiary alicyclic amines) is 1. The quantitative estimate of drug-likeness (QED) is 0.0775. The number of unbranched alkanes of at least 4 members (excludes halogenated alkanes) is 22. The summed E-state index contributed by atoms with van der Waals surface area (Å²) in [6.45, 7) is 8.99. The Kier molecular flexibility index (Phi) is 26.9. The molecule has 1 heteroatoms. The predicted molar refractivity (Wildman–Crippen MR) is 169 cm³/mol. The summed E-state index contributed by atoms with van der Waals surface area (Å²) in [5, 5.41) is 0. The van der Waals surface area contributed by atoms with Crippen molar-refractivity contribution >= 4 is 0 Å². The molecule has 0 bridgehead atoms. The molecule has 0 radical (unpaired) electrons. The van der Waals surface area contributed by atoms with E-state index in [-0.39, 0.29) is 0 Å². The molecule has 0 amide bonds. The summed E-state index contributed by atoms with van der Waals surface area (Å²) in [5.41, 5.74) is 0. The fourth-order valence-corrected chi connectivity index (χ4v) is 6.34. The van der Waals surface area contributed by atoms with E-state index in [9.17, 15) is 0 Å². The molecule has 1 aliphatic rings. The van der Waals surface area contributed by atoms with E-state index in [2.05, 4.69) is 26.0 Å². The lowest BCUT2D eigenvalue weighted by Gasteiger charge is -2.29. The van der Waals surface area contributed by atoms with Crippen molar-refractivity contribution in [3.8, 4) is 0 Å². The maximum atomic E-state index is 2.45. The molecule has 0 spiro atoms. The first kappa shape index (κ1) is 34.7. The summed E-state index contributed by atoms with van der Waals surface area (Å²) in [6.07, 6.45) is 45.5. The number of allylic oxidation sites excluding steroid dienone is 2. The number of rotatable bonds is 28. The average molecular weight is 519 g/mol. The number of hydrogen-bond donors (Lipinski definition) is 1. The van der Waals surface area contributed by atoms with Crippen LogP contribution in [0.3, 0.4) is 0 Å². The topological polar surface area (TPSA) is 4.44 Å². The lowest BCUT2D eigenvalue weighted by Crippen LogP contribution is -3.13. The molecule has 0 saturated carbocycles. The van der Waals surface area contributed by atoms with Crippen LogP contribution in [0, 0.1) is 5.92 Å². The Morgan fingerprint density at radius 3 is 1.30 bits per heavy atom. The van der Waals surface area contributed by atoms with E-state index >= 15 is 0 Å². The molecule has 0 aliphatic carbocycles. The van der Waals surface area contributed by atoms with Gasteiger partial charge in [0.15, 0.2) is 0 Å². The Balaban J connectivity index is 1.77. The zero-order valence-corrected chi connectivity index (χ0v) is 26.2. The number of piperidine rings is 1. The van der Waals surface area contributed by atoms with Gasteiger partial charge in [-0.3, -0.25) is 0 Å². The molecule has 1 heterocycles. The van der Waals surface area contributed by atoms with Gasteiger partial charge in [-0.25, -0.2) is 0 Å². The van der Waals surface area contributed by atoms with Crippen LogP contribution >= 0.6 is 0 Å². The van der Waals surface area contributed by atoms with Gasteiger partial charge in [0.05, 0.1) is 19.6 Å². The maximum Gasteiger partial charge on any atom is 0.0773 e. The molecular weight excluding hydrogens is 446 g/mol. The van der Waals surface area contributed by atoms with E-state index in [0.717, 1.165) is 5.92 Å². The van der Waals surface area contributed by atoms with Crippen molar-refractivity contribution < 1.29 is 4.90 Å². The van der Waals surface area contributed by atoms with Gasteiger partial charge in [-0.05, 0) is 57.3 Å². The number of hydrogen-bond acceptors (Lipinski definition) is 0. The molecule has 1 aliphatic heterocycles. The molecule has 1 fully saturated rings. The first-order valence-corrected chi connectivity index (χ1v) is 17.8. The standard InChI is InChI=1S/C36H71N/c1-3-5-7-9-11-13-15-16-17-18-19-21-23-25-27-29-33-37-34-31-36(32-35-37)30-28-26-24-22-20-14-12-10-8-6-4-2/h16-17,36H,3-15,18-35H2,1-2H3/p+1/b17-16-. The van der Waals surface area contributed by atoms with Crippen LogP contribution < -0.4 is 4.90 Å². The second kappa shape index (κ2) is 28.7. The van der Waals surface area contributed by atoms with Gasteiger partial charge in [0.25, 0.3) is 0 Å². The summed E-state index contributed by atoms with van der Waals surface area (Å²) in [4.78, 5) is 1.92. The van der Waals surface area contributed by atoms with Gasteiger partial charge in [-0.2, -0.15) is 0 Å². The van der Waals surface area contributed by atoms with Crippen LogP contribution in [0.4, 0.5) is 0 Å². The molecule has 1 N–H and O–H groups in total. The van der Waals surface area contributed by atoms with Crippen molar-refractivity contribution in [2.75, 3.05) is 19.6 Å². The fourth-order valence-electron chi connectivity index (χ4n) is 6.34. The van der Waals surface area contributed by atoms with Crippen LogP contribution in [0.15, 0.2) is 12.2 Å². The van der Waals surface area contributed by atoms with Crippen LogP contribution in [-0.2, 0) is 0 Å². The molecule has 1 saturated heterocycles. The minimum Gasteiger partial charge on any atom is -0.335 e. The molecule has 0 aromatic carbocycles. The number of nitrogens with one attached hydrogen (secondary N) is 1. The molecule has 1 rings (SSSR count). The SMILES string of the molecule is CCCCCCCC/C=C\CCCCCCCC[NH+]1CCC(CCCCCCCCCCCCC)CC1. The van der Waals surface area contributed by atoms with Crippen LogP contribution in [0.5, 0.6) is 0 Å². The van der Waals surface area contributed by atoms with Gasteiger partial charge in [0, 0.05) is 0 Å². The van der Waals surface area contributed by atoms with Gasteiger partial charge in [-0.15, -0.1) is 0 Å². The minimum atomic E-state index is 1.06. The van der Waals surface area contributed by atoms with Crippen molar-refractivity contribution in [2.45, 2.75) is 194 Å². The monoisotopic (exact) mass is 519 g/mol. The molecule has 220 valence electrons. The second-order valence-corrected chi connectivity index (χ2v) is 12.7. The van der Waals surface area contributed by atoms with Gasteiger partial charge >= 0.3 is 0 Å². The van der Waals surface area contributed by atoms with Gasteiger partial charge in [0.2, 0.25) is 0 Å². The zero-order chi connectivity index (χ0) is 26.5. The molecular formula is C36H72N+. The number of quaternary nitrogens is 1. The summed E-state index contributed by atoms with van der Waals surface area (Å²) in [5.74, 6) is 1.06. The van der Waals surface area contributed by atoms with Crippen LogP contribution in [0.2, 0.25) is 0 Å². The lowest BCUT2D eigenvalue weighted by molar-refractivity contribution is -0.906. The van der Waals surface area contributed by atoms with E-state index in [1.54, 1.807) is 0 Å². The normalized spacial score (nSPS) is 18.2. The highest BCUT2D eigenvalue weighted by atomic mass is 15.1. The Morgan fingerprint density at radius 1 is 0.459 bits per heavy atom. The molecule has 0 aromatic heterocycles. The zero-order valence-electron chi connectivity index (χ0n) is 26.2. The first-order valence-electron chi connectivity index (χ1n) is 17.8. The van der Waals surface area contributed by atoms with E-state index in [1.807, 2.05) is 4.90 Å². The van der Waals surface area contributed by atoms with Crippen molar-refractivity contribution in [2.24, 2.45) is 5.92 Å². The fraction of sp³-hybridized carbons (Fsp3) is 0.944. The lowest BCUT2D eigenvalue weighted by atomic mass is 9.91. The molecule has 1 nitrogen and oxygen atoms in total. The summed E-state index contributed by atoms with van der Waals surface area (Å²) < 4.78 is 0. The Labute approximate surface area is 236 Å². The third-order valence-corrected chi connectivity index (χ3v) is 9.07. The molecule has 0 aromatic rings. The average Bonchev–Trinajstić information content (AvgIpc) is 2.92. The van der Waals surface area contributed by atoms with Crippen LogP contribution in [-0.4, -0.2) is 19.6 Å². The van der Waals surface area contributed by atoms with Gasteiger partial charge in [0.1, 0.15) is 0 Å². The predicted octanol–water partition coefficient (Wildman–Crippen LogP) is 11.0. The summed E-state index contributed by atoms with van der Waals surface area (Å²) in [7, 11) is 0. The first-order chi connectivity index (χ1) is 18.4. The molecule has 0 atom stereocenters. The van der Waals surface area contributed by atoms with Crippen LogP contribution in [0.25, 0.3) is 0 Å². The van der Waals surface area contributed by atoms with E-state index in [4.69, 9.17) is 0 Å². The van der Waals surface area contributed by atoms with Crippen molar-refractivity contribution in [1.82, 2.24) is 0 Å². The smallest absolute Gasteiger partial charge is 0.0773 e. The van der Waals surface area contributed by atoms with Gasteiger partial charge in [-0.1, -0.05) is 154 Å². The van der Waals surface area contributed by atoms with E-state index in [0.29, 0.717) is 0 Å². The van der Waals surface area contributed by atoms with E-state index < -0.39 is 0 Å². The Bertz CT molecular complexity index is 448. The molecule has 0 unspecified atom stereocenters. The summed E-state index contributed by atoms with van der Waals surface area (Å²) in [6, 6.07) is 0. The third kappa shape index (κ3) is 24.5. The summed E-state index contributed by atoms with van der Waals surface area (Å²) >= 11 is 0. The van der Waals surface area contributed by atoms with Crippen LogP contribution in [0.1, 0.15) is 194 Å². The van der Waals surface area contributed by atoms with E-state index in [1.165, 1.54) is 199 Å². The second-order valence-electron chi connectivity index (χ2n) is 12.7. The highest BCUT2D eigenvalue weighted by Crippen LogP contribution is 2.19. The van der Waals surface area contributed by atoms with Gasteiger partial charge < -0.3 is 4.90 Å². The highest BCUT2D eigenvalue weighted by molar-refractivity contribution is 4.81. The highest BCUT2D eigenvalue weighted by Gasteiger charge is 2.21. The minimum absolute atomic E-state index is 1.06. The maximum absolute atomic E-state index is 2.45. The Morgan fingerprint density at radius 2 is 0.838 bits per heavy atom. The Hall–Kier alpha value is -0.300. The molecule has 37 heavy (non-hydrogen) atoms. The van der Waals surface area contributed by atoms with Crippen molar-refractivity contribution in [3.05, 3.63) is 12.2 Å².